The molecule has 1 saturated carbocycles. The van der Waals surface area contributed by atoms with Crippen molar-refractivity contribution in [2.45, 2.75) is 83.8 Å². The molecule has 38 heavy (non-hydrogen) atoms. The first-order chi connectivity index (χ1) is 18.0. The summed E-state index contributed by atoms with van der Waals surface area (Å²) in [6.45, 7) is 5.36. The van der Waals surface area contributed by atoms with E-state index in [-0.39, 0.29) is 24.4 Å². The molecule has 0 radical (unpaired) electrons. The quantitative estimate of drug-likeness (QED) is 0.432. The van der Waals surface area contributed by atoms with Crippen LogP contribution in [0, 0.1) is 5.82 Å². The standard InChI is InChI=1S/C29H40FN3O4S/c1-5-26(29(35)31-24-11-7-6-8-12-24)32(19-22-15-17-23(30)18-16-22)28(34)20-33(38(4,36)37)27-14-10-9-13-25(27)21(2)3/h9-10,13-18,21,24,26H,5-8,11-12,19-20H2,1-4H3,(H,31,35). The predicted molar refractivity (Wildman–Crippen MR) is 149 cm³/mol. The van der Waals surface area contributed by atoms with Gasteiger partial charge in [-0.3, -0.25) is 13.9 Å². The van der Waals surface area contributed by atoms with Crippen molar-refractivity contribution >= 4 is 27.5 Å². The highest BCUT2D eigenvalue weighted by atomic mass is 32.2. The Morgan fingerprint density at radius 3 is 2.24 bits per heavy atom. The van der Waals surface area contributed by atoms with Gasteiger partial charge in [0.1, 0.15) is 18.4 Å². The molecule has 7 nitrogen and oxygen atoms in total. The Labute approximate surface area is 226 Å². The van der Waals surface area contributed by atoms with E-state index in [9.17, 15) is 22.4 Å². The van der Waals surface area contributed by atoms with E-state index in [1.165, 1.54) is 17.0 Å². The fourth-order valence-corrected chi connectivity index (χ4v) is 5.92. The van der Waals surface area contributed by atoms with E-state index in [1.54, 1.807) is 24.3 Å². The Morgan fingerprint density at radius 2 is 1.66 bits per heavy atom. The second-order valence-corrected chi connectivity index (χ2v) is 12.3. The first-order valence-corrected chi connectivity index (χ1v) is 15.3. The summed E-state index contributed by atoms with van der Waals surface area (Å²) in [5, 5.41) is 3.11. The molecule has 1 atom stereocenters. The number of hydrogen-bond donors (Lipinski definition) is 1. The number of anilines is 1. The van der Waals surface area contributed by atoms with Crippen LogP contribution in [0.1, 0.15) is 76.3 Å². The predicted octanol–water partition coefficient (Wildman–Crippen LogP) is 4.97. The van der Waals surface area contributed by atoms with Crippen molar-refractivity contribution in [1.82, 2.24) is 10.2 Å². The molecule has 2 aromatic rings. The molecular formula is C29H40FN3O4S. The van der Waals surface area contributed by atoms with Crippen LogP contribution < -0.4 is 9.62 Å². The number of nitrogens with zero attached hydrogens (tertiary/aromatic N) is 2. The van der Waals surface area contributed by atoms with Crippen LogP contribution in [0.15, 0.2) is 48.5 Å². The van der Waals surface area contributed by atoms with Gasteiger partial charge < -0.3 is 10.2 Å². The Kier molecular flexibility index (Phi) is 10.3. The summed E-state index contributed by atoms with van der Waals surface area (Å²) in [5.41, 5.74) is 1.90. The van der Waals surface area contributed by atoms with E-state index < -0.39 is 34.3 Å². The van der Waals surface area contributed by atoms with E-state index in [0.29, 0.717) is 17.7 Å². The minimum absolute atomic E-state index is 0.0329. The maximum Gasteiger partial charge on any atom is 0.244 e. The van der Waals surface area contributed by atoms with Gasteiger partial charge in [0.15, 0.2) is 0 Å². The molecule has 208 valence electrons. The molecule has 9 heteroatoms. The molecule has 0 saturated heterocycles. The monoisotopic (exact) mass is 545 g/mol. The number of carbonyl (C=O) groups is 2. The molecule has 0 aliphatic heterocycles. The van der Waals surface area contributed by atoms with Gasteiger partial charge in [0.05, 0.1) is 11.9 Å². The van der Waals surface area contributed by atoms with Crippen LogP contribution in [0.2, 0.25) is 0 Å². The van der Waals surface area contributed by atoms with Crippen molar-refractivity contribution in [3.8, 4) is 0 Å². The highest BCUT2D eigenvalue weighted by Gasteiger charge is 2.33. The molecule has 0 spiro atoms. The largest absolute Gasteiger partial charge is 0.352 e. The lowest BCUT2D eigenvalue weighted by atomic mass is 9.95. The van der Waals surface area contributed by atoms with Crippen LogP contribution in [-0.4, -0.2) is 50.0 Å². The molecule has 1 N–H and O–H groups in total. The van der Waals surface area contributed by atoms with E-state index in [1.807, 2.05) is 32.9 Å². The molecule has 2 aromatic carbocycles. The number of rotatable bonds is 11. The average molecular weight is 546 g/mol. The normalized spacial score (nSPS) is 15.2. The van der Waals surface area contributed by atoms with Crippen LogP contribution in [-0.2, 0) is 26.2 Å². The van der Waals surface area contributed by atoms with Gasteiger partial charge in [0, 0.05) is 12.6 Å². The minimum Gasteiger partial charge on any atom is -0.352 e. The van der Waals surface area contributed by atoms with Gasteiger partial charge >= 0.3 is 0 Å². The van der Waals surface area contributed by atoms with Gasteiger partial charge in [0.25, 0.3) is 0 Å². The fourth-order valence-electron chi connectivity index (χ4n) is 5.05. The maximum absolute atomic E-state index is 13.9. The van der Waals surface area contributed by atoms with Gasteiger partial charge in [0.2, 0.25) is 21.8 Å². The highest BCUT2D eigenvalue weighted by molar-refractivity contribution is 7.92. The number of halogens is 1. The lowest BCUT2D eigenvalue weighted by Gasteiger charge is -2.34. The van der Waals surface area contributed by atoms with Crippen molar-refractivity contribution in [3.05, 3.63) is 65.5 Å². The molecule has 1 fully saturated rings. The summed E-state index contributed by atoms with van der Waals surface area (Å²) < 4.78 is 40.6. The Bertz CT molecular complexity index is 1190. The molecule has 0 bridgehead atoms. The van der Waals surface area contributed by atoms with E-state index in [2.05, 4.69) is 5.32 Å². The molecule has 3 rings (SSSR count). The summed E-state index contributed by atoms with van der Waals surface area (Å²) >= 11 is 0. The molecule has 0 heterocycles. The van der Waals surface area contributed by atoms with Crippen molar-refractivity contribution < 1.29 is 22.4 Å². The molecule has 1 unspecified atom stereocenters. The minimum atomic E-state index is -3.82. The molecule has 0 aromatic heterocycles. The first-order valence-electron chi connectivity index (χ1n) is 13.4. The SMILES string of the molecule is CCC(C(=O)NC1CCCCC1)N(Cc1ccc(F)cc1)C(=O)CN(c1ccccc1C(C)C)S(C)(=O)=O. The van der Waals surface area contributed by atoms with Crippen LogP contribution >= 0.6 is 0 Å². The highest BCUT2D eigenvalue weighted by Crippen LogP contribution is 2.29. The summed E-state index contributed by atoms with van der Waals surface area (Å²) in [5.74, 6) is -1.11. The van der Waals surface area contributed by atoms with Crippen LogP contribution in [0.25, 0.3) is 0 Å². The van der Waals surface area contributed by atoms with Gasteiger partial charge in [-0.1, -0.05) is 70.4 Å². The van der Waals surface area contributed by atoms with Crippen LogP contribution in [0.4, 0.5) is 10.1 Å². The molecule has 2 amide bonds. The van der Waals surface area contributed by atoms with Gasteiger partial charge in [-0.2, -0.15) is 0 Å². The zero-order valence-electron chi connectivity index (χ0n) is 22.8. The van der Waals surface area contributed by atoms with Crippen molar-refractivity contribution in [1.29, 1.82) is 0 Å². The van der Waals surface area contributed by atoms with Crippen molar-refractivity contribution in [2.75, 3.05) is 17.1 Å². The number of carbonyl (C=O) groups excluding carboxylic acids is 2. The van der Waals surface area contributed by atoms with Crippen molar-refractivity contribution in [2.24, 2.45) is 0 Å². The summed E-state index contributed by atoms with van der Waals surface area (Å²) in [6, 6.07) is 12.2. The number of benzene rings is 2. The van der Waals surface area contributed by atoms with E-state index in [0.717, 1.165) is 48.2 Å². The lowest BCUT2D eigenvalue weighted by Crippen LogP contribution is -2.54. The number of nitrogens with one attached hydrogen (secondary N) is 1. The second kappa shape index (κ2) is 13.2. The van der Waals surface area contributed by atoms with Crippen LogP contribution in [0.5, 0.6) is 0 Å². The Balaban J connectivity index is 1.95. The summed E-state index contributed by atoms with van der Waals surface area (Å²) in [6.07, 6.45) is 6.50. The Morgan fingerprint density at radius 1 is 1.03 bits per heavy atom. The molecule has 1 aliphatic carbocycles. The zero-order valence-corrected chi connectivity index (χ0v) is 23.6. The van der Waals surface area contributed by atoms with E-state index >= 15 is 0 Å². The average Bonchev–Trinajstić information content (AvgIpc) is 2.88. The van der Waals surface area contributed by atoms with Crippen LogP contribution in [0.3, 0.4) is 0 Å². The van der Waals surface area contributed by atoms with E-state index in [4.69, 9.17) is 0 Å². The number of hydrogen-bond acceptors (Lipinski definition) is 4. The zero-order chi connectivity index (χ0) is 27.9. The smallest absolute Gasteiger partial charge is 0.244 e. The number of amides is 2. The first kappa shape index (κ1) is 29.6. The maximum atomic E-state index is 13.9. The van der Waals surface area contributed by atoms with Crippen molar-refractivity contribution in [3.63, 3.8) is 0 Å². The molecular weight excluding hydrogens is 505 g/mol. The summed E-state index contributed by atoms with van der Waals surface area (Å²) in [4.78, 5) is 28.8. The second-order valence-electron chi connectivity index (χ2n) is 10.4. The molecule has 1 aliphatic rings. The van der Waals surface area contributed by atoms with Gasteiger partial charge in [-0.05, 0) is 54.5 Å². The van der Waals surface area contributed by atoms with Gasteiger partial charge in [-0.15, -0.1) is 0 Å². The van der Waals surface area contributed by atoms with Gasteiger partial charge in [-0.25, -0.2) is 12.8 Å². The number of para-hydroxylation sites is 1. The summed E-state index contributed by atoms with van der Waals surface area (Å²) in [7, 11) is -3.82. The fraction of sp³-hybridized carbons (Fsp3) is 0.517. The topological polar surface area (TPSA) is 86.8 Å². The third-order valence-corrected chi connectivity index (χ3v) is 8.24. The third kappa shape index (κ3) is 7.79. The lowest BCUT2D eigenvalue weighted by molar-refractivity contribution is -0.140. The Hall–Kier alpha value is -2.94. The third-order valence-electron chi connectivity index (χ3n) is 7.11. The number of sulfonamides is 1.